The Bertz CT molecular complexity index is 821. The molecular formula is C20H25KO5S. The smallest absolute Gasteiger partial charge is 0.872 e. The van der Waals surface area contributed by atoms with Gasteiger partial charge in [0.2, 0.25) is 0 Å². The molecule has 2 rings (SSSR count). The van der Waals surface area contributed by atoms with E-state index in [2.05, 4.69) is 6.92 Å². The average Bonchev–Trinajstić information content (AvgIpc) is 2.59. The first-order valence-corrected chi connectivity index (χ1v) is 10.4. The molecule has 0 saturated heterocycles. The van der Waals surface area contributed by atoms with Gasteiger partial charge in [0.15, 0.2) is 0 Å². The number of unbranched alkanes of at least 4 members (excludes halogenated alkanes) is 5. The maximum Gasteiger partial charge on any atom is 1.00 e. The SMILES string of the molecule is CCCCCCCCc1cccc(Oc2ccc([O-])c(S(=O)(=O)O)c2)c1.[K+]. The van der Waals surface area contributed by atoms with E-state index in [9.17, 15) is 13.5 Å². The van der Waals surface area contributed by atoms with Gasteiger partial charge in [0.25, 0.3) is 10.1 Å². The van der Waals surface area contributed by atoms with Crippen molar-refractivity contribution in [3.63, 3.8) is 0 Å². The minimum atomic E-state index is -4.57. The summed E-state index contributed by atoms with van der Waals surface area (Å²) in [5.41, 5.74) is 1.15. The third-order valence-corrected chi connectivity index (χ3v) is 5.02. The minimum absolute atomic E-state index is 0. The van der Waals surface area contributed by atoms with E-state index in [1.807, 2.05) is 18.2 Å². The summed E-state index contributed by atoms with van der Waals surface area (Å²) in [4.78, 5) is -0.682. The largest absolute Gasteiger partial charge is 1.00 e. The maximum atomic E-state index is 11.5. The third kappa shape index (κ3) is 8.64. The normalized spacial score (nSPS) is 11.0. The Kier molecular flexibility index (Phi) is 11.1. The minimum Gasteiger partial charge on any atom is -0.872 e. The number of hydrogen-bond donors (Lipinski definition) is 1. The molecule has 27 heavy (non-hydrogen) atoms. The van der Waals surface area contributed by atoms with E-state index in [-0.39, 0.29) is 57.1 Å². The zero-order chi connectivity index (χ0) is 19.0. The van der Waals surface area contributed by atoms with Gasteiger partial charge in [-0.25, -0.2) is 0 Å². The van der Waals surface area contributed by atoms with Gasteiger partial charge in [0.1, 0.15) is 11.5 Å². The predicted molar refractivity (Wildman–Crippen MR) is 99.3 cm³/mol. The van der Waals surface area contributed by atoms with E-state index in [1.165, 1.54) is 38.2 Å². The van der Waals surface area contributed by atoms with E-state index in [0.29, 0.717) is 5.75 Å². The molecule has 0 aromatic heterocycles. The van der Waals surface area contributed by atoms with Crippen molar-refractivity contribution in [2.75, 3.05) is 0 Å². The van der Waals surface area contributed by atoms with Crippen LogP contribution in [0.4, 0.5) is 0 Å². The van der Waals surface area contributed by atoms with Crippen LogP contribution in [0.5, 0.6) is 17.2 Å². The topological polar surface area (TPSA) is 86.7 Å². The number of rotatable bonds is 10. The first kappa shape index (κ1) is 24.6. The molecule has 0 bridgehead atoms. The monoisotopic (exact) mass is 416 g/mol. The molecule has 0 saturated carbocycles. The van der Waals surface area contributed by atoms with Crippen LogP contribution in [-0.4, -0.2) is 13.0 Å². The van der Waals surface area contributed by atoms with Crippen LogP contribution >= 0.6 is 0 Å². The first-order valence-electron chi connectivity index (χ1n) is 8.95. The van der Waals surface area contributed by atoms with Crippen molar-refractivity contribution in [2.24, 2.45) is 0 Å². The molecule has 0 atom stereocenters. The summed E-state index contributed by atoms with van der Waals surface area (Å²) in [6.45, 7) is 2.20. The van der Waals surface area contributed by atoms with Gasteiger partial charge in [0, 0.05) is 6.07 Å². The van der Waals surface area contributed by atoms with Crippen molar-refractivity contribution >= 4 is 10.1 Å². The molecule has 5 nitrogen and oxygen atoms in total. The van der Waals surface area contributed by atoms with Crippen molar-refractivity contribution in [3.8, 4) is 17.2 Å². The summed E-state index contributed by atoms with van der Waals surface area (Å²) >= 11 is 0. The third-order valence-electron chi connectivity index (χ3n) is 4.15. The van der Waals surface area contributed by atoms with Crippen LogP contribution in [-0.2, 0) is 16.5 Å². The number of hydrogen-bond acceptors (Lipinski definition) is 4. The van der Waals surface area contributed by atoms with Gasteiger partial charge in [-0.2, -0.15) is 8.42 Å². The molecule has 1 N–H and O–H groups in total. The number of aryl methyl sites for hydroxylation is 1. The fraction of sp³-hybridized carbons (Fsp3) is 0.400. The van der Waals surface area contributed by atoms with Crippen molar-refractivity contribution in [1.29, 1.82) is 0 Å². The summed E-state index contributed by atoms with van der Waals surface area (Å²) in [6.07, 6.45) is 8.34. The number of ether oxygens (including phenoxy) is 1. The maximum absolute atomic E-state index is 11.5. The zero-order valence-corrected chi connectivity index (χ0v) is 19.9. The quantitative estimate of drug-likeness (QED) is 0.362. The Balaban J connectivity index is 0.00000364. The number of benzene rings is 2. The Hall–Kier alpha value is -0.414. The molecule has 2 aromatic rings. The van der Waals surface area contributed by atoms with Crippen LogP contribution in [0.25, 0.3) is 0 Å². The molecular weight excluding hydrogens is 391 g/mol. The zero-order valence-electron chi connectivity index (χ0n) is 16.0. The molecule has 0 fully saturated rings. The van der Waals surface area contributed by atoms with Crippen LogP contribution < -0.4 is 61.2 Å². The molecule has 0 spiro atoms. The van der Waals surface area contributed by atoms with E-state index in [0.717, 1.165) is 30.5 Å². The molecule has 2 aromatic carbocycles. The Morgan fingerprint density at radius 1 is 0.963 bits per heavy atom. The molecule has 142 valence electrons. The molecule has 0 heterocycles. The van der Waals surface area contributed by atoms with Crippen LogP contribution in [0.1, 0.15) is 51.0 Å². The van der Waals surface area contributed by atoms with Crippen LogP contribution in [0.3, 0.4) is 0 Å². The van der Waals surface area contributed by atoms with Crippen molar-refractivity contribution in [3.05, 3.63) is 48.0 Å². The van der Waals surface area contributed by atoms with Gasteiger partial charge < -0.3 is 9.84 Å². The second-order valence-corrected chi connectivity index (χ2v) is 7.74. The molecule has 7 heteroatoms. The molecule has 0 amide bonds. The predicted octanol–water partition coefficient (Wildman–Crippen LogP) is 1.71. The first-order chi connectivity index (χ1) is 12.4. The van der Waals surface area contributed by atoms with Crippen LogP contribution in [0.15, 0.2) is 47.4 Å². The Morgan fingerprint density at radius 2 is 1.63 bits per heavy atom. The average molecular weight is 417 g/mol. The van der Waals surface area contributed by atoms with Crippen LogP contribution in [0, 0.1) is 0 Å². The van der Waals surface area contributed by atoms with Gasteiger partial charge in [-0.15, -0.1) is 0 Å². The molecule has 0 aliphatic heterocycles. The fourth-order valence-corrected chi connectivity index (χ4v) is 3.35. The van der Waals surface area contributed by atoms with Gasteiger partial charge in [-0.1, -0.05) is 63.0 Å². The van der Waals surface area contributed by atoms with Gasteiger partial charge in [-0.05, 0) is 36.6 Å². The summed E-state index contributed by atoms with van der Waals surface area (Å²) < 4.78 is 37.2. The van der Waals surface area contributed by atoms with E-state index in [1.54, 1.807) is 6.07 Å². The molecule has 0 unspecified atom stereocenters. The van der Waals surface area contributed by atoms with Crippen LogP contribution in [0.2, 0.25) is 0 Å². The summed E-state index contributed by atoms with van der Waals surface area (Å²) in [6, 6.07) is 11.1. The van der Waals surface area contributed by atoms with Crippen molar-refractivity contribution in [1.82, 2.24) is 0 Å². The Labute approximate surface area is 204 Å². The van der Waals surface area contributed by atoms with E-state index >= 15 is 0 Å². The fourth-order valence-electron chi connectivity index (χ4n) is 2.76. The summed E-state index contributed by atoms with van der Waals surface area (Å²) in [7, 11) is -4.57. The second-order valence-electron chi connectivity index (χ2n) is 6.35. The summed E-state index contributed by atoms with van der Waals surface area (Å²) in [5.74, 6) is -0.0148. The van der Waals surface area contributed by atoms with Crippen molar-refractivity contribution < 1.29 is 74.2 Å². The van der Waals surface area contributed by atoms with E-state index < -0.39 is 20.8 Å². The standard InChI is InChI=1S/C20H26O5S.K/c1-2-3-4-5-6-7-9-16-10-8-11-17(14-16)25-18-12-13-19(21)20(15-18)26(22,23)24;/h8,10-15,21H,2-7,9H2,1H3,(H,22,23,24);/q;+1/p-1. The molecule has 0 radical (unpaired) electrons. The molecule has 0 aliphatic carbocycles. The van der Waals surface area contributed by atoms with Crippen molar-refractivity contribution in [2.45, 2.75) is 56.8 Å². The van der Waals surface area contributed by atoms with Gasteiger partial charge >= 0.3 is 51.4 Å². The second kappa shape index (κ2) is 12.2. The van der Waals surface area contributed by atoms with Gasteiger partial charge in [-0.3, -0.25) is 4.55 Å². The molecule has 0 aliphatic rings. The Morgan fingerprint density at radius 3 is 2.33 bits per heavy atom. The van der Waals surface area contributed by atoms with Gasteiger partial charge in [0.05, 0.1) is 4.90 Å². The van der Waals surface area contributed by atoms with E-state index in [4.69, 9.17) is 9.29 Å². The summed E-state index contributed by atoms with van der Waals surface area (Å²) in [5, 5.41) is 11.5.